The Morgan fingerprint density at radius 3 is 1.80 bits per heavy atom. The van der Waals surface area contributed by atoms with Crippen LogP contribution < -0.4 is 0 Å². The van der Waals surface area contributed by atoms with Crippen molar-refractivity contribution in [2.75, 3.05) is 0 Å². The van der Waals surface area contributed by atoms with Gasteiger partial charge >= 0.3 is 60.1 Å². The predicted octanol–water partition coefficient (Wildman–Crippen LogP) is -0.522. The maximum atomic E-state index is 5.27. The molecular weight excluding hydrogens is 324 g/mol. The second-order valence-corrected chi connectivity index (χ2v) is 19.2. The van der Waals surface area contributed by atoms with Gasteiger partial charge in [-0.15, -0.1) is 0 Å². The zero-order valence-corrected chi connectivity index (χ0v) is 13.3. The third-order valence-electron chi connectivity index (χ3n) is 0.178. The summed E-state index contributed by atoms with van der Waals surface area (Å²) in [7, 11) is 10.5. The van der Waals surface area contributed by atoms with Gasteiger partial charge in [0.15, 0.2) is 0 Å². The molecule has 5 heteroatoms. The molecule has 0 N–H and O–H groups in total. The number of hydrogen-bond donors (Lipinski definition) is 0. The van der Waals surface area contributed by atoms with Gasteiger partial charge in [-0.05, 0) is 0 Å². The summed E-state index contributed by atoms with van der Waals surface area (Å²) in [5.74, 6) is 0. The van der Waals surface area contributed by atoms with Crippen LogP contribution in [0.1, 0.15) is 0 Å². The van der Waals surface area contributed by atoms with E-state index >= 15 is 0 Å². The first-order valence-corrected chi connectivity index (χ1v) is 13.1. The first kappa shape index (κ1) is 7.14. The van der Waals surface area contributed by atoms with Crippen molar-refractivity contribution in [2.45, 2.75) is 0 Å². The predicted molar refractivity (Wildman–Crippen MR) is 29.9 cm³/mol. The Bertz CT molecular complexity index is 21.6. The van der Waals surface area contributed by atoms with E-state index in [2.05, 4.69) is 0 Å². The molecule has 0 saturated heterocycles. The van der Waals surface area contributed by atoms with Crippen molar-refractivity contribution in [3.63, 3.8) is 0 Å². The molecule has 0 aromatic carbocycles. The quantitative estimate of drug-likeness (QED) is 0.589. The standard InChI is InChI=1S/2ClH.O.2Sn.4H/h2*1H;;;;;;;/q;;;;+2;;;;/p-2. The van der Waals surface area contributed by atoms with Crippen LogP contribution in [0.15, 0.2) is 0 Å². The fraction of sp³-hybridized carbons (Fsp3) is 0. The van der Waals surface area contributed by atoms with Gasteiger partial charge in [-0.1, -0.05) is 0 Å². The number of hydrogen-bond acceptors (Lipinski definition) is 1. The monoisotopic (exact) mass is 330 g/mol. The van der Waals surface area contributed by atoms with Crippen LogP contribution in [0.4, 0.5) is 0 Å². The molecule has 0 unspecified atom stereocenters. The van der Waals surface area contributed by atoms with E-state index in [9.17, 15) is 0 Å². The normalized spacial score (nSPS) is 10.2. The molecule has 0 atom stereocenters. The van der Waals surface area contributed by atoms with Crippen molar-refractivity contribution in [2.24, 2.45) is 0 Å². The van der Waals surface area contributed by atoms with Crippen LogP contribution in [0.3, 0.4) is 0 Å². The molecule has 0 heterocycles. The van der Waals surface area contributed by atoms with Gasteiger partial charge in [-0.3, -0.25) is 0 Å². The summed E-state index contributed by atoms with van der Waals surface area (Å²) in [6, 6.07) is 0. The van der Waals surface area contributed by atoms with Gasteiger partial charge in [0.1, 0.15) is 0 Å². The second-order valence-electron chi connectivity index (χ2n) is 0.496. The van der Waals surface area contributed by atoms with Crippen LogP contribution in [0.5, 0.6) is 0 Å². The molecule has 0 bridgehead atoms. The van der Waals surface area contributed by atoms with Gasteiger partial charge in [0.05, 0.1) is 0 Å². The Morgan fingerprint density at radius 1 is 1.60 bits per heavy atom. The number of rotatable bonds is 1. The van der Waals surface area contributed by atoms with E-state index in [1.54, 1.807) is 0 Å². The van der Waals surface area contributed by atoms with Gasteiger partial charge in [0.25, 0.3) is 0 Å². The molecule has 0 saturated carbocycles. The van der Waals surface area contributed by atoms with Gasteiger partial charge in [-0.2, -0.15) is 0 Å². The van der Waals surface area contributed by atoms with E-state index in [0.29, 0.717) is 0 Å². The van der Waals surface area contributed by atoms with Crippen molar-refractivity contribution < 1.29 is 1.41 Å². The minimum atomic E-state index is -2.14. The first-order chi connectivity index (χ1) is 2.27. The number of halogens is 2. The Labute approximate surface area is 59.3 Å². The molecule has 0 rings (SSSR count). The Kier molecular flexibility index (Phi) is 6.14. The third kappa shape index (κ3) is 6.14. The van der Waals surface area contributed by atoms with Crippen LogP contribution in [0.2, 0.25) is 0 Å². The molecular formula is H4Cl2OSn2. The van der Waals surface area contributed by atoms with E-state index in [1.165, 1.54) is 0 Å². The van der Waals surface area contributed by atoms with E-state index in [1.807, 2.05) is 0 Å². The van der Waals surface area contributed by atoms with Gasteiger partial charge < -0.3 is 0 Å². The summed E-state index contributed by atoms with van der Waals surface area (Å²) < 4.78 is 4.70. The fourth-order valence-electron chi connectivity index (χ4n) is 0. The average molecular weight is 328 g/mol. The van der Waals surface area contributed by atoms with Crippen LogP contribution >= 0.6 is 17.8 Å². The Balaban J connectivity index is 2.54. The van der Waals surface area contributed by atoms with Crippen LogP contribution in [0.25, 0.3) is 0 Å². The van der Waals surface area contributed by atoms with Crippen molar-refractivity contribution in [3.05, 3.63) is 0 Å². The van der Waals surface area contributed by atoms with Gasteiger partial charge in [0, 0.05) is 0 Å². The van der Waals surface area contributed by atoms with Crippen LogP contribution in [0, 0.1) is 0 Å². The zero-order valence-electron chi connectivity index (χ0n) is 2.74. The molecule has 32 valence electrons. The SMILES string of the molecule is [Cl][SnH]([Cl])[O][SnH3]. The summed E-state index contributed by atoms with van der Waals surface area (Å²) in [5.41, 5.74) is 0. The topological polar surface area (TPSA) is 9.23 Å². The molecule has 0 aliphatic rings. The van der Waals surface area contributed by atoms with E-state index in [-0.39, 0.29) is 22.9 Å². The molecule has 0 aliphatic heterocycles. The Morgan fingerprint density at radius 2 is 1.80 bits per heavy atom. The van der Waals surface area contributed by atoms with E-state index < -0.39 is 17.9 Å². The van der Waals surface area contributed by atoms with Crippen molar-refractivity contribution in [1.29, 1.82) is 0 Å². The van der Waals surface area contributed by atoms with E-state index in [0.717, 1.165) is 0 Å². The molecule has 0 radical (unpaired) electrons. The second kappa shape index (κ2) is 4.30. The zero-order chi connectivity index (χ0) is 4.28. The molecule has 1 nitrogen and oxygen atoms in total. The van der Waals surface area contributed by atoms with E-state index in [4.69, 9.17) is 19.3 Å². The molecule has 0 spiro atoms. The van der Waals surface area contributed by atoms with Crippen molar-refractivity contribution in [1.82, 2.24) is 0 Å². The summed E-state index contributed by atoms with van der Waals surface area (Å²) >= 11 is -1.86. The summed E-state index contributed by atoms with van der Waals surface area (Å²) in [5, 5.41) is 0. The minimum absolute atomic E-state index is 0.280. The van der Waals surface area contributed by atoms with Gasteiger partial charge in [-0.25, -0.2) is 0 Å². The average Bonchev–Trinajstić information content (AvgIpc) is 1.38. The fourth-order valence-corrected chi connectivity index (χ4v) is 0. The molecule has 5 heavy (non-hydrogen) atoms. The maximum absolute atomic E-state index is 5.27. The molecule has 0 aromatic heterocycles. The first-order valence-electron chi connectivity index (χ1n) is 1.08. The van der Waals surface area contributed by atoms with Crippen LogP contribution in [-0.2, 0) is 1.41 Å². The summed E-state index contributed by atoms with van der Waals surface area (Å²) in [6.07, 6.45) is 0. The third-order valence-corrected chi connectivity index (χ3v) is 24.1. The molecule has 0 fully saturated rings. The summed E-state index contributed by atoms with van der Waals surface area (Å²) in [6.45, 7) is 0. The van der Waals surface area contributed by atoms with Gasteiger partial charge in [0.2, 0.25) is 0 Å². The molecule has 0 amide bonds. The Hall–Kier alpha value is 2.14. The molecule has 0 aliphatic carbocycles. The van der Waals surface area contributed by atoms with Crippen LogP contribution in [-0.4, -0.2) is 40.9 Å². The summed E-state index contributed by atoms with van der Waals surface area (Å²) in [4.78, 5) is 0. The van der Waals surface area contributed by atoms with Crippen molar-refractivity contribution >= 4 is 58.7 Å². The van der Waals surface area contributed by atoms with Crippen molar-refractivity contribution in [3.8, 4) is 0 Å². The molecule has 0 aromatic rings.